The van der Waals surface area contributed by atoms with Gasteiger partial charge in [0.25, 0.3) is 0 Å². The fraction of sp³-hybridized carbons (Fsp3) is 0.750. The van der Waals surface area contributed by atoms with Crippen LogP contribution in [0.1, 0.15) is 80.1 Å². The SMILES string of the molecule is CC(C)[C@@H](C)C=C[C@@H](C)[C@H]1CC[C@H]2C3=CC(=O)[C@@]4(O)CC=CC[C@]4(C)[C@H]3CC[C@]12C. The summed E-state index contributed by atoms with van der Waals surface area (Å²) in [7, 11) is 0. The van der Waals surface area contributed by atoms with Crippen LogP contribution >= 0.6 is 0 Å². The predicted molar refractivity (Wildman–Crippen MR) is 124 cm³/mol. The average molecular weight is 411 g/mol. The van der Waals surface area contributed by atoms with Crippen molar-refractivity contribution in [3.63, 3.8) is 0 Å². The van der Waals surface area contributed by atoms with Crippen LogP contribution in [0.5, 0.6) is 0 Å². The van der Waals surface area contributed by atoms with Crippen LogP contribution < -0.4 is 0 Å². The van der Waals surface area contributed by atoms with Crippen molar-refractivity contribution >= 4 is 5.78 Å². The summed E-state index contributed by atoms with van der Waals surface area (Å²) in [5, 5.41) is 11.4. The van der Waals surface area contributed by atoms with E-state index in [0.29, 0.717) is 41.9 Å². The summed E-state index contributed by atoms with van der Waals surface area (Å²) in [6.45, 7) is 14.0. The van der Waals surface area contributed by atoms with Crippen LogP contribution in [0, 0.1) is 46.3 Å². The van der Waals surface area contributed by atoms with Crippen LogP contribution in [-0.4, -0.2) is 16.5 Å². The molecule has 0 unspecified atom stereocenters. The van der Waals surface area contributed by atoms with Gasteiger partial charge in [-0.25, -0.2) is 0 Å². The van der Waals surface area contributed by atoms with Gasteiger partial charge in [0.1, 0.15) is 5.60 Å². The van der Waals surface area contributed by atoms with Gasteiger partial charge in [0.05, 0.1) is 0 Å². The van der Waals surface area contributed by atoms with Gasteiger partial charge in [-0.2, -0.15) is 0 Å². The molecular weight excluding hydrogens is 368 g/mol. The molecule has 0 radical (unpaired) electrons. The van der Waals surface area contributed by atoms with E-state index in [-0.39, 0.29) is 16.6 Å². The number of rotatable bonds is 4. The van der Waals surface area contributed by atoms with E-state index in [9.17, 15) is 9.90 Å². The third-order valence-corrected chi connectivity index (χ3v) is 10.1. The zero-order valence-corrected chi connectivity index (χ0v) is 19.9. The highest BCUT2D eigenvalue weighted by Crippen LogP contribution is 2.66. The molecule has 0 saturated heterocycles. The zero-order valence-electron chi connectivity index (χ0n) is 19.9. The van der Waals surface area contributed by atoms with Crippen molar-refractivity contribution in [1.82, 2.24) is 0 Å². The lowest BCUT2D eigenvalue weighted by Crippen LogP contribution is -2.61. The molecule has 0 spiro atoms. The molecule has 0 heterocycles. The molecule has 2 heteroatoms. The first-order valence-corrected chi connectivity index (χ1v) is 12.4. The minimum absolute atomic E-state index is 0.0352. The first kappa shape index (κ1) is 22.1. The van der Waals surface area contributed by atoms with Gasteiger partial charge >= 0.3 is 0 Å². The normalized spacial score (nSPS) is 45.1. The molecule has 8 atom stereocenters. The number of allylic oxidation sites excluding steroid dienone is 4. The summed E-state index contributed by atoms with van der Waals surface area (Å²) in [4.78, 5) is 13.2. The molecule has 4 aliphatic rings. The maximum Gasteiger partial charge on any atom is 0.188 e. The van der Waals surface area contributed by atoms with Crippen molar-refractivity contribution in [3.8, 4) is 0 Å². The second-order valence-electron chi connectivity index (χ2n) is 11.8. The van der Waals surface area contributed by atoms with E-state index in [0.717, 1.165) is 12.8 Å². The van der Waals surface area contributed by atoms with E-state index in [2.05, 4.69) is 59.8 Å². The van der Waals surface area contributed by atoms with Crippen molar-refractivity contribution in [1.29, 1.82) is 0 Å². The van der Waals surface area contributed by atoms with Crippen LogP contribution in [0.2, 0.25) is 0 Å². The van der Waals surface area contributed by atoms with Crippen LogP contribution in [0.15, 0.2) is 36.0 Å². The fourth-order valence-electron chi connectivity index (χ4n) is 7.56. The molecule has 0 amide bonds. The third-order valence-electron chi connectivity index (χ3n) is 10.1. The number of hydrogen-bond acceptors (Lipinski definition) is 2. The first-order chi connectivity index (χ1) is 14.0. The molecule has 0 bridgehead atoms. The van der Waals surface area contributed by atoms with Gasteiger partial charge in [-0.3, -0.25) is 4.79 Å². The van der Waals surface area contributed by atoms with Crippen molar-refractivity contribution in [2.45, 2.75) is 85.7 Å². The number of carbonyl (C=O) groups excluding carboxylic acids is 1. The number of carbonyl (C=O) groups is 1. The molecule has 2 saturated carbocycles. The number of hydrogen-bond donors (Lipinski definition) is 1. The van der Waals surface area contributed by atoms with Crippen LogP contribution in [0.3, 0.4) is 0 Å². The van der Waals surface area contributed by atoms with Gasteiger partial charge in [0.2, 0.25) is 0 Å². The number of aliphatic hydroxyl groups is 1. The molecule has 2 fully saturated rings. The Morgan fingerprint density at radius 2 is 1.70 bits per heavy atom. The van der Waals surface area contributed by atoms with Crippen LogP contribution in [-0.2, 0) is 4.79 Å². The highest BCUT2D eigenvalue weighted by Gasteiger charge is 2.63. The Morgan fingerprint density at radius 1 is 1.00 bits per heavy atom. The molecule has 0 aromatic heterocycles. The van der Waals surface area contributed by atoms with E-state index >= 15 is 0 Å². The average Bonchev–Trinajstić information content (AvgIpc) is 3.05. The molecule has 0 aromatic rings. The van der Waals surface area contributed by atoms with Gasteiger partial charge in [0.15, 0.2) is 5.78 Å². The van der Waals surface area contributed by atoms with Crippen molar-refractivity contribution < 1.29 is 9.90 Å². The Bertz CT molecular complexity index is 788. The second kappa shape index (κ2) is 7.47. The maximum absolute atomic E-state index is 13.2. The molecule has 30 heavy (non-hydrogen) atoms. The maximum atomic E-state index is 13.2. The highest BCUT2D eigenvalue weighted by atomic mass is 16.3. The lowest BCUT2D eigenvalue weighted by Gasteiger charge is -2.58. The Balaban J connectivity index is 1.62. The Kier molecular flexibility index (Phi) is 5.49. The van der Waals surface area contributed by atoms with Crippen LogP contribution in [0.25, 0.3) is 0 Å². The minimum atomic E-state index is -1.20. The Labute approximate surface area is 183 Å². The first-order valence-electron chi connectivity index (χ1n) is 12.4. The molecule has 4 aliphatic carbocycles. The third kappa shape index (κ3) is 3.04. The van der Waals surface area contributed by atoms with Gasteiger partial charge in [-0.1, -0.05) is 71.4 Å². The quantitative estimate of drug-likeness (QED) is 0.536. The number of ketones is 1. The molecule has 0 aliphatic heterocycles. The van der Waals surface area contributed by atoms with Crippen molar-refractivity contribution in [2.75, 3.05) is 0 Å². The summed E-state index contributed by atoms with van der Waals surface area (Å²) in [6, 6.07) is 0. The minimum Gasteiger partial charge on any atom is -0.381 e. The van der Waals surface area contributed by atoms with Gasteiger partial charge < -0.3 is 5.11 Å². The Morgan fingerprint density at radius 3 is 2.40 bits per heavy atom. The summed E-state index contributed by atoms with van der Waals surface area (Å²) < 4.78 is 0. The summed E-state index contributed by atoms with van der Waals surface area (Å²) in [6.07, 6.45) is 17.1. The summed E-state index contributed by atoms with van der Waals surface area (Å²) in [5.41, 5.74) is 0.0973. The van der Waals surface area contributed by atoms with Gasteiger partial charge in [-0.15, -0.1) is 0 Å². The van der Waals surface area contributed by atoms with E-state index in [1.807, 2.05) is 12.2 Å². The van der Waals surface area contributed by atoms with E-state index in [1.165, 1.54) is 24.8 Å². The summed E-state index contributed by atoms with van der Waals surface area (Å²) in [5.74, 6) is 3.34. The lowest BCUT2D eigenvalue weighted by atomic mass is 9.47. The zero-order chi connectivity index (χ0) is 21.9. The molecule has 0 aromatic carbocycles. The largest absolute Gasteiger partial charge is 0.381 e. The molecule has 1 N–H and O–H groups in total. The standard InChI is InChI=1S/C28H42O2/c1-18(2)19(3)9-10-20(4)22-11-12-23-21-17-25(29)28(30)15-8-7-14-27(28,6)24(21)13-16-26(22,23)5/h7-10,17-20,22-24,30H,11-16H2,1-6H3/t19-,20+,22+,23-,24-,26+,27+,28-/m0/s1. The predicted octanol–water partition coefficient (Wildman–Crippen LogP) is 6.51. The second-order valence-corrected chi connectivity index (χ2v) is 11.8. The molecule has 166 valence electrons. The molecule has 4 rings (SSSR count). The number of fused-ring (bicyclic) bond motifs is 5. The van der Waals surface area contributed by atoms with Crippen molar-refractivity contribution in [2.24, 2.45) is 46.3 Å². The molecular formula is C28H42O2. The van der Waals surface area contributed by atoms with Gasteiger partial charge in [-0.05, 0) is 79.1 Å². The van der Waals surface area contributed by atoms with Crippen molar-refractivity contribution in [3.05, 3.63) is 36.0 Å². The summed E-state index contributed by atoms with van der Waals surface area (Å²) >= 11 is 0. The Hall–Kier alpha value is -1.15. The lowest BCUT2D eigenvalue weighted by molar-refractivity contribution is -0.160. The van der Waals surface area contributed by atoms with E-state index < -0.39 is 5.60 Å². The topological polar surface area (TPSA) is 37.3 Å². The van der Waals surface area contributed by atoms with E-state index in [1.54, 1.807) is 0 Å². The smallest absolute Gasteiger partial charge is 0.188 e. The highest BCUT2D eigenvalue weighted by molar-refractivity contribution is 6.00. The van der Waals surface area contributed by atoms with E-state index in [4.69, 9.17) is 0 Å². The fourth-order valence-corrected chi connectivity index (χ4v) is 7.56. The van der Waals surface area contributed by atoms with Crippen LogP contribution in [0.4, 0.5) is 0 Å². The van der Waals surface area contributed by atoms with Gasteiger partial charge in [0, 0.05) is 11.8 Å². The molecule has 2 nitrogen and oxygen atoms in total. The monoisotopic (exact) mass is 410 g/mol.